The molecule has 21 heteroatoms. The number of unbranched alkanes of at least 4 members (excludes halogenated alkanes) is 3. The zero-order chi connectivity index (χ0) is 52.8. The number of hydrogen-bond acceptors (Lipinski definition) is 14. The molecule has 0 radical (unpaired) electrons. The molecule has 74 heavy (non-hydrogen) atoms. The van der Waals surface area contributed by atoms with Gasteiger partial charge >= 0.3 is 5.97 Å². The molecule has 4 aromatic rings. The van der Waals surface area contributed by atoms with E-state index in [4.69, 9.17) is 42.5 Å². The fraction of sp³-hybridized carbons (Fsp3) is 0.491. The molecule has 398 valence electrons. The van der Waals surface area contributed by atoms with Crippen LogP contribution in [-0.2, 0) is 35.3 Å². The molecule has 3 N–H and O–H groups in total. The monoisotopic (exact) mass is 1060 g/mol. The standard InChI is InChI=1S/C53H67Cl2N9O10/c1-53(2)36-73-26-23-63(53)52(71)50-44-35-74-46-32-45(72-3)42(31-43(46)51(44)64(58-50)41-29-38(54)28-39(55)30-41)37-9-8-10-40(27-37)57-47(67)11-6-4-5-7-12-56-48(68)33-61-17-15-59(21-24-65)13-14-60(22-25-66)16-18-62(20-19-61)34-49(69)70/h8-10,24-25,27-32H,4-7,11-23,26,33-36H2,1-3H3,(H,56,68)(H,57,67)(H,69,70). The quantitative estimate of drug-likeness (QED) is 0.0751. The Morgan fingerprint density at radius 2 is 1.43 bits per heavy atom. The number of aldehydes is 2. The van der Waals surface area contributed by atoms with Gasteiger partial charge in [0.2, 0.25) is 11.8 Å². The highest BCUT2D eigenvalue weighted by Crippen LogP contribution is 2.47. The molecule has 2 fully saturated rings. The van der Waals surface area contributed by atoms with Crippen LogP contribution < -0.4 is 20.1 Å². The van der Waals surface area contributed by atoms with Gasteiger partial charge in [-0.15, -0.1) is 0 Å². The molecule has 3 amide bonds. The van der Waals surface area contributed by atoms with Crippen molar-refractivity contribution in [2.75, 3.05) is 117 Å². The lowest BCUT2D eigenvalue weighted by Gasteiger charge is -2.41. The van der Waals surface area contributed by atoms with Crippen LogP contribution in [0.3, 0.4) is 0 Å². The summed E-state index contributed by atoms with van der Waals surface area (Å²) < 4.78 is 19.7. The van der Waals surface area contributed by atoms with Crippen molar-refractivity contribution >= 4 is 65.2 Å². The van der Waals surface area contributed by atoms with Crippen LogP contribution in [0, 0.1) is 0 Å². The maximum absolute atomic E-state index is 14.4. The van der Waals surface area contributed by atoms with Crippen molar-refractivity contribution in [3.8, 4) is 39.6 Å². The van der Waals surface area contributed by atoms with Gasteiger partial charge in [0.15, 0.2) is 5.69 Å². The number of carboxylic acid groups (broad SMARTS) is 1. The first-order valence-electron chi connectivity index (χ1n) is 25.1. The highest BCUT2D eigenvalue weighted by atomic mass is 35.5. The van der Waals surface area contributed by atoms with Gasteiger partial charge in [-0.1, -0.05) is 48.2 Å². The second-order valence-electron chi connectivity index (χ2n) is 19.4. The summed E-state index contributed by atoms with van der Waals surface area (Å²) in [5.41, 5.74) is 4.29. The lowest BCUT2D eigenvalue weighted by Crippen LogP contribution is -2.55. The van der Waals surface area contributed by atoms with Crippen LogP contribution in [-0.4, -0.2) is 193 Å². The highest BCUT2D eigenvalue weighted by molar-refractivity contribution is 6.34. The Morgan fingerprint density at radius 3 is 2.07 bits per heavy atom. The molecular formula is C53H67Cl2N9O10. The molecule has 4 heterocycles. The second kappa shape index (κ2) is 26.5. The lowest BCUT2D eigenvalue weighted by molar-refractivity contribution is -0.138. The van der Waals surface area contributed by atoms with Crippen LogP contribution in [0.15, 0.2) is 54.6 Å². The van der Waals surface area contributed by atoms with E-state index >= 15 is 0 Å². The zero-order valence-corrected chi connectivity index (χ0v) is 43.9. The van der Waals surface area contributed by atoms with E-state index in [9.17, 15) is 33.9 Å². The molecule has 2 saturated heterocycles. The average molecular weight is 1060 g/mol. The summed E-state index contributed by atoms with van der Waals surface area (Å²) in [5, 5.41) is 21.3. The number of aliphatic carboxylic acids is 1. The number of aromatic nitrogens is 2. The van der Waals surface area contributed by atoms with Crippen LogP contribution in [0.5, 0.6) is 11.5 Å². The van der Waals surface area contributed by atoms with Crippen molar-refractivity contribution in [2.45, 2.75) is 58.1 Å². The second-order valence-corrected chi connectivity index (χ2v) is 20.3. The third kappa shape index (κ3) is 14.9. The molecule has 0 unspecified atom stereocenters. The molecule has 0 spiro atoms. The number of nitrogens with zero attached hydrogens (tertiary/aromatic N) is 7. The van der Waals surface area contributed by atoms with Gasteiger partial charge < -0.3 is 44.4 Å². The van der Waals surface area contributed by atoms with Crippen LogP contribution in [0.25, 0.3) is 28.1 Å². The number of amides is 3. The van der Waals surface area contributed by atoms with E-state index in [-0.39, 0.29) is 56.2 Å². The number of morpholine rings is 1. The number of nitrogens with one attached hydrogen (secondary N) is 2. The van der Waals surface area contributed by atoms with Gasteiger partial charge in [-0.3, -0.25) is 38.8 Å². The number of carbonyl (C=O) groups is 6. The third-order valence-corrected chi connectivity index (χ3v) is 14.0. The van der Waals surface area contributed by atoms with Crippen LogP contribution >= 0.6 is 23.2 Å². The minimum atomic E-state index is -0.945. The number of rotatable bonds is 20. The van der Waals surface area contributed by atoms with Gasteiger partial charge in [-0.25, -0.2) is 4.68 Å². The Hall–Kier alpha value is -5.93. The normalized spacial score (nSPS) is 16.9. The number of halogens is 2. The predicted octanol–water partition coefficient (Wildman–Crippen LogP) is 5.37. The Bertz CT molecular complexity index is 2630. The predicted molar refractivity (Wildman–Crippen MR) is 282 cm³/mol. The van der Waals surface area contributed by atoms with Gasteiger partial charge in [-0.2, -0.15) is 5.10 Å². The van der Waals surface area contributed by atoms with E-state index in [0.29, 0.717) is 141 Å². The number of ether oxygens (including phenoxy) is 3. The zero-order valence-electron chi connectivity index (χ0n) is 42.4. The molecule has 1 aromatic heterocycles. The Labute approximate surface area is 441 Å². The smallest absolute Gasteiger partial charge is 0.317 e. The maximum Gasteiger partial charge on any atom is 0.317 e. The van der Waals surface area contributed by atoms with Crippen LogP contribution in [0.4, 0.5) is 5.69 Å². The molecule has 0 aliphatic carbocycles. The van der Waals surface area contributed by atoms with E-state index in [1.807, 2.05) is 69.8 Å². The Kier molecular flexibility index (Phi) is 20.0. The number of carbonyl (C=O) groups excluding carboxylic acids is 5. The van der Waals surface area contributed by atoms with Gasteiger partial charge in [0, 0.05) is 110 Å². The number of anilines is 1. The number of hydrogen-bond donors (Lipinski definition) is 3. The van der Waals surface area contributed by atoms with Gasteiger partial charge in [0.25, 0.3) is 5.91 Å². The Balaban J connectivity index is 0.945. The van der Waals surface area contributed by atoms with E-state index in [2.05, 4.69) is 10.6 Å². The first kappa shape index (κ1) is 55.8. The number of fused-ring (bicyclic) bond motifs is 3. The maximum atomic E-state index is 14.4. The summed E-state index contributed by atoms with van der Waals surface area (Å²) in [6.45, 7) is 10.2. The van der Waals surface area contributed by atoms with E-state index < -0.39 is 11.5 Å². The van der Waals surface area contributed by atoms with Crippen molar-refractivity contribution < 1.29 is 48.1 Å². The summed E-state index contributed by atoms with van der Waals surface area (Å²) in [4.78, 5) is 84.6. The van der Waals surface area contributed by atoms with Crippen molar-refractivity contribution in [3.05, 3.63) is 75.9 Å². The van der Waals surface area contributed by atoms with Crippen molar-refractivity contribution in [2.24, 2.45) is 0 Å². The fourth-order valence-electron chi connectivity index (χ4n) is 9.56. The third-order valence-electron chi connectivity index (χ3n) is 13.5. The number of carboxylic acids is 1. The van der Waals surface area contributed by atoms with Gasteiger partial charge in [-0.05, 0) is 68.7 Å². The van der Waals surface area contributed by atoms with Crippen LogP contribution in [0.2, 0.25) is 10.0 Å². The van der Waals surface area contributed by atoms with Crippen LogP contribution in [0.1, 0.15) is 62.0 Å². The molecule has 19 nitrogen and oxygen atoms in total. The minimum absolute atomic E-state index is 0.0816. The highest BCUT2D eigenvalue weighted by Gasteiger charge is 2.39. The molecule has 7 rings (SSSR count). The van der Waals surface area contributed by atoms with Crippen molar-refractivity contribution in [1.29, 1.82) is 0 Å². The summed E-state index contributed by atoms with van der Waals surface area (Å²) >= 11 is 13.0. The summed E-state index contributed by atoms with van der Waals surface area (Å²) in [5.74, 6) is -0.380. The molecule has 0 saturated carbocycles. The van der Waals surface area contributed by atoms with Crippen molar-refractivity contribution in [1.82, 2.24) is 39.6 Å². The van der Waals surface area contributed by atoms with E-state index in [0.717, 1.165) is 43.0 Å². The molecule has 0 atom stereocenters. The molecule has 3 aliphatic heterocycles. The Morgan fingerprint density at radius 1 is 0.784 bits per heavy atom. The summed E-state index contributed by atoms with van der Waals surface area (Å²) in [6, 6.07) is 16.4. The van der Waals surface area contributed by atoms with E-state index in [1.165, 1.54) is 0 Å². The van der Waals surface area contributed by atoms with Gasteiger partial charge in [0.1, 0.15) is 30.7 Å². The molecular weight excluding hydrogens is 994 g/mol. The summed E-state index contributed by atoms with van der Waals surface area (Å²) in [7, 11) is 1.58. The molecule has 3 aromatic carbocycles. The topological polar surface area (TPSA) is 208 Å². The van der Waals surface area contributed by atoms with E-state index in [1.54, 1.807) is 34.9 Å². The average Bonchev–Trinajstić information content (AvgIpc) is 3.76. The first-order valence-corrected chi connectivity index (χ1v) is 25.9. The van der Waals surface area contributed by atoms with Crippen molar-refractivity contribution in [3.63, 3.8) is 0 Å². The number of methoxy groups -OCH3 is 1. The summed E-state index contributed by atoms with van der Waals surface area (Å²) in [6.07, 6.45) is 4.98. The number of benzene rings is 3. The SMILES string of the molecule is COc1cc2c(cc1-c1cccc(NC(=O)CCCCCCNC(=O)CN3CCN(CC=O)CCN(CC=O)CCN(CC(=O)O)CC3)c1)-c1c(c(C(=O)N3CCOCC3(C)C)nn1-c1cc(Cl)cc(Cl)c1)CO2. The first-order chi connectivity index (χ1) is 35.7. The lowest BCUT2D eigenvalue weighted by atomic mass is 9.95. The molecule has 0 bridgehead atoms. The minimum Gasteiger partial charge on any atom is -0.496 e. The van der Waals surface area contributed by atoms with Gasteiger partial charge in [0.05, 0.1) is 63.4 Å². The fourth-order valence-corrected chi connectivity index (χ4v) is 10.1. The largest absolute Gasteiger partial charge is 0.496 e. The molecule has 3 aliphatic rings.